The van der Waals surface area contributed by atoms with E-state index in [0.29, 0.717) is 41.3 Å². The first kappa shape index (κ1) is 62.7. The molecular weight excluding hydrogens is 1320 g/mol. The third-order valence-corrected chi connectivity index (χ3v) is 16.4. The monoisotopic (exact) mass is 1340 g/mol. The van der Waals surface area contributed by atoms with Crippen LogP contribution in [0.25, 0.3) is 27.9 Å². The maximum Gasteiger partial charge on any atom is 0.200 e. The molecule has 31 heteroatoms. The van der Waals surface area contributed by atoms with E-state index >= 15 is 105 Å². The predicted octanol–water partition coefficient (Wildman–Crippen LogP) is 15.1. The molecule has 482 valence electrons. The highest BCUT2D eigenvalue weighted by Crippen LogP contribution is 2.61. The molecule has 5 aromatic carbocycles. The topological polar surface area (TPSA) is 59.4 Å². The van der Waals surface area contributed by atoms with Crippen LogP contribution in [0.2, 0.25) is 0 Å². The SMILES string of the molecule is CC(C)N(/C=C\C1C2=C(c3c(F)c(F)c(F)c(F)c3F)C3=C4C5=C(N=C6C(c7c(F)c(F)c(F)c(F)c7F)=C7C=CC(=N7)C(c7c(F)c(F)c(F)c(F)c7F)=c7ccc([nH]7)=C(c7c(F)c(F)c(F)c(F)c7F)C(=N3)N5C64)C(c3c(F)c(F)c(F)c(F)c3F)=C1C=C2)C(C)C. The number of fused-ring (bicyclic) bond motifs is 5. The van der Waals surface area contributed by atoms with E-state index in [0.717, 1.165) is 12.3 Å². The van der Waals surface area contributed by atoms with Gasteiger partial charge in [-0.3, -0.25) is 0 Å². The normalized spacial score (nSPS) is 18.0. The summed E-state index contributed by atoms with van der Waals surface area (Å²) < 4.78 is 406. The van der Waals surface area contributed by atoms with E-state index in [-0.39, 0.29) is 0 Å². The summed E-state index contributed by atoms with van der Waals surface area (Å²) in [6.45, 7) is 6.28. The summed E-state index contributed by atoms with van der Waals surface area (Å²) in [6.07, 6.45) is 4.45. The van der Waals surface area contributed by atoms with Crippen LogP contribution in [-0.2, 0) is 0 Å². The van der Waals surface area contributed by atoms with Gasteiger partial charge in [0.2, 0.25) is 29.1 Å². The van der Waals surface area contributed by atoms with E-state index in [4.69, 9.17) is 0 Å². The zero-order valence-electron chi connectivity index (χ0n) is 46.6. The Balaban J connectivity index is 1.35. The van der Waals surface area contributed by atoms with Gasteiger partial charge in [-0.1, -0.05) is 18.2 Å². The molecule has 6 aromatic rings. The largest absolute Gasteiger partial charge is 0.373 e. The van der Waals surface area contributed by atoms with Crippen molar-refractivity contribution in [1.82, 2.24) is 14.8 Å². The number of amidine groups is 1. The zero-order chi connectivity index (χ0) is 68.1. The first-order valence-corrected chi connectivity index (χ1v) is 26.9. The fourth-order valence-corrected chi connectivity index (χ4v) is 12.4. The fourth-order valence-electron chi connectivity index (χ4n) is 12.4. The summed E-state index contributed by atoms with van der Waals surface area (Å²) in [5.74, 6) is -74.9. The highest BCUT2D eigenvalue weighted by molar-refractivity contribution is 6.38. The number of nitrogens with one attached hydrogen (secondary N) is 1. The molecule has 14 bridgehead atoms. The Kier molecular flexibility index (Phi) is 14.3. The molecule has 0 spiro atoms. The smallest absolute Gasteiger partial charge is 0.200 e. The van der Waals surface area contributed by atoms with Crippen molar-refractivity contribution in [2.75, 3.05) is 0 Å². The number of benzene rings is 5. The average Bonchev–Trinajstić information content (AvgIpc) is 1.09. The number of aromatic nitrogens is 1. The van der Waals surface area contributed by atoms with E-state index in [1.54, 1.807) is 27.7 Å². The lowest BCUT2D eigenvalue weighted by Crippen LogP contribution is -2.61. The molecule has 1 N–H and O–H groups in total. The molecule has 7 aliphatic heterocycles. The van der Waals surface area contributed by atoms with Gasteiger partial charge in [0.05, 0.1) is 73.0 Å². The Morgan fingerprint density at radius 3 is 1.12 bits per heavy atom. The van der Waals surface area contributed by atoms with Crippen LogP contribution in [-0.4, -0.2) is 50.2 Å². The summed E-state index contributed by atoms with van der Waals surface area (Å²) in [4.78, 5) is 16.8. The van der Waals surface area contributed by atoms with Crippen molar-refractivity contribution >= 4 is 45.1 Å². The first-order chi connectivity index (χ1) is 44.3. The van der Waals surface area contributed by atoms with Crippen LogP contribution >= 0.6 is 0 Å². The number of aliphatic imine (C=N–C) groups is 3. The molecule has 1 aromatic heterocycles. The molecule has 9 aliphatic rings. The van der Waals surface area contributed by atoms with Crippen LogP contribution in [0.3, 0.4) is 0 Å². The highest BCUT2D eigenvalue weighted by Gasteiger charge is 2.59. The second-order valence-corrected chi connectivity index (χ2v) is 22.0. The van der Waals surface area contributed by atoms with Crippen molar-refractivity contribution in [2.45, 2.75) is 45.8 Å². The van der Waals surface area contributed by atoms with Crippen molar-refractivity contribution in [1.29, 1.82) is 0 Å². The molecule has 1 saturated heterocycles. The molecule has 2 unspecified atom stereocenters. The average molecular weight is 1340 g/mol. The summed E-state index contributed by atoms with van der Waals surface area (Å²) >= 11 is 0. The summed E-state index contributed by atoms with van der Waals surface area (Å²) in [6, 6.07) is -2.90. The van der Waals surface area contributed by atoms with E-state index in [1.165, 1.54) is 4.90 Å². The van der Waals surface area contributed by atoms with Crippen molar-refractivity contribution < 1.29 is 110 Å². The standard InChI is InChI=1S/C63H25F25N6/c1-13(2)93(14(3)4)12-11-15-16-5-6-17(15)23(28-35(66)45(76)54(85)46(77)36(28)67)59-61-32-58(22(16)27-33(64)43(74)53(84)44(75)34(27)65)92-63-26(31-41(72)51(82)57(88)52(83)42(31)73)21-10-8-19(90-21)24(29-37(68)47(78)55(86)48(79)38(29)69)18-7-9-20(89-18)25(60(91-59)62(32)94(61)63)30-39(70)49(80)56(87)50(81)40(30)71/h5-15,62,90H,1-4H3/b12-11-,22-16?,23-17?,24-18?,24-19?,25-20?,26-21?,58-22?,59-23?,60-25?,63-26?. The van der Waals surface area contributed by atoms with Crippen LogP contribution in [0.4, 0.5) is 110 Å². The molecule has 6 nitrogen and oxygen atoms in total. The van der Waals surface area contributed by atoms with Crippen LogP contribution < -0.4 is 10.7 Å². The summed E-state index contributed by atoms with van der Waals surface area (Å²) in [5, 5.41) is -2.39. The maximum absolute atomic E-state index is 17.3. The predicted molar refractivity (Wildman–Crippen MR) is 282 cm³/mol. The van der Waals surface area contributed by atoms with Gasteiger partial charge in [0.25, 0.3) is 0 Å². The lowest BCUT2D eigenvalue weighted by atomic mass is 9.73. The van der Waals surface area contributed by atoms with Gasteiger partial charge in [0.1, 0.15) is 11.9 Å². The molecule has 8 heterocycles. The summed E-state index contributed by atoms with van der Waals surface area (Å²) in [5.41, 5.74) is -29.7. The number of halogens is 25. The number of aromatic amines is 1. The molecule has 94 heavy (non-hydrogen) atoms. The maximum atomic E-state index is 17.3. The van der Waals surface area contributed by atoms with Crippen LogP contribution in [0.5, 0.6) is 0 Å². The van der Waals surface area contributed by atoms with Gasteiger partial charge < -0.3 is 14.8 Å². The molecule has 2 atom stereocenters. The molecule has 0 saturated carbocycles. The van der Waals surface area contributed by atoms with Crippen molar-refractivity contribution in [3.8, 4) is 0 Å². The lowest BCUT2D eigenvalue weighted by molar-refractivity contribution is 0.255. The number of nitrogens with zero attached hydrogens (tertiary/aromatic N) is 5. The van der Waals surface area contributed by atoms with Gasteiger partial charge in [-0.05, 0) is 69.3 Å². The zero-order valence-corrected chi connectivity index (χ0v) is 46.6. The van der Waals surface area contributed by atoms with Gasteiger partial charge in [-0.2, -0.15) is 0 Å². The number of H-pyrrole nitrogens is 1. The fraction of sp³-hybridized carbons (Fsp3) is 0.127. The lowest BCUT2D eigenvalue weighted by Gasteiger charge is -2.55. The molecular formula is C63H25F25N6. The van der Waals surface area contributed by atoms with Gasteiger partial charge in [-0.15, -0.1) is 0 Å². The molecule has 15 rings (SSSR count). The third-order valence-electron chi connectivity index (χ3n) is 16.4. The summed E-state index contributed by atoms with van der Waals surface area (Å²) in [7, 11) is 0. The minimum atomic E-state index is -2.95. The first-order valence-electron chi connectivity index (χ1n) is 26.9. The Hall–Kier alpha value is -10.1. The van der Waals surface area contributed by atoms with E-state index in [1.807, 2.05) is 0 Å². The highest BCUT2D eigenvalue weighted by atomic mass is 19.2. The van der Waals surface area contributed by atoms with Crippen LogP contribution in [0.1, 0.15) is 55.5 Å². The third kappa shape index (κ3) is 8.31. The number of hydrogen-bond acceptors (Lipinski definition) is 5. The van der Waals surface area contributed by atoms with Gasteiger partial charge >= 0.3 is 0 Å². The Morgan fingerprint density at radius 2 is 0.723 bits per heavy atom. The second-order valence-electron chi connectivity index (χ2n) is 22.0. The second kappa shape index (κ2) is 21.5. The van der Waals surface area contributed by atoms with E-state index in [9.17, 15) is 4.39 Å². The Bertz CT molecular complexity index is 5010. The minimum absolute atomic E-state index is 0.340. The quantitative estimate of drug-likeness (QED) is 0.0891. The van der Waals surface area contributed by atoms with E-state index in [2.05, 4.69) is 20.0 Å². The van der Waals surface area contributed by atoms with Crippen molar-refractivity contribution in [3.63, 3.8) is 0 Å². The van der Waals surface area contributed by atoms with Gasteiger partial charge in [-0.25, -0.2) is 125 Å². The minimum Gasteiger partial charge on any atom is -0.373 e. The number of hydrogen-bond donors (Lipinski definition) is 1. The van der Waals surface area contributed by atoms with Gasteiger partial charge in [0.15, 0.2) is 116 Å². The molecule has 2 aliphatic carbocycles. The molecule has 0 radical (unpaired) electrons. The van der Waals surface area contributed by atoms with Gasteiger partial charge in [0, 0.05) is 51.2 Å². The van der Waals surface area contributed by atoms with Crippen molar-refractivity contribution in [2.24, 2.45) is 20.9 Å². The molecule has 0 amide bonds. The van der Waals surface area contributed by atoms with Crippen LogP contribution in [0.15, 0.2) is 103 Å². The molecule has 1 fully saturated rings. The Labute approximate surface area is 507 Å². The van der Waals surface area contributed by atoms with Crippen molar-refractivity contribution in [3.05, 3.63) is 272 Å². The van der Waals surface area contributed by atoms with E-state index < -0.39 is 293 Å². The van der Waals surface area contributed by atoms with Crippen LogP contribution in [0, 0.1) is 151 Å². The number of allylic oxidation sites excluding steroid dienone is 9. The Morgan fingerprint density at radius 1 is 0.383 bits per heavy atom. The number of rotatable bonds is 9.